The van der Waals surface area contributed by atoms with Gasteiger partial charge in [-0.2, -0.15) is 13.2 Å². The van der Waals surface area contributed by atoms with Crippen molar-refractivity contribution in [1.29, 1.82) is 0 Å². The van der Waals surface area contributed by atoms with Crippen molar-refractivity contribution in [2.75, 3.05) is 7.05 Å². The fourth-order valence-electron chi connectivity index (χ4n) is 1.35. The van der Waals surface area contributed by atoms with Crippen LogP contribution in [0.4, 0.5) is 13.2 Å². The van der Waals surface area contributed by atoms with Crippen molar-refractivity contribution in [2.24, 2.45) is 12.8 Å². The Hall–Kier alpha value is -1.57. The molecule has 1 atom stereocenters. The van der Waals surface area contributed by atoms with Crippen molar-refractivity contribution in [3.05, 3.63) is 18.2 Å². The number of aromatic nitrogens is 2. The van der Waals surface area contributed by atoms with E-state index < -0.39 is 17.6 Å². The molecule has 1 unspecified atom stereocenters. The van der Waals surface area contributed by atoms with Gasteiger partial charge in [0.25, 0.3) is 5.91 Å². The van der Waals surface area contributed by atoms with Gasteiger partial charge in [-0.25, -0.2) is 4.98 Å². The maximum absolute atomic E-state index is 12.6. The molecule has 1 heterocycles. The molecule has 18 heavy (non-hydrogen) atoms. The molecule has 5 nitrogen and oxygen atoms in total. The molecule has 0 saturated carbocycles. The van der Waals surface area contributed by atoms with Crippen LogP contribution in [0, 0.1) is 0 Å². The van der Waals surface area contributed by atoms with Gasteiger partial charge < -0.3 is 15.2 Å². The van der Waals surface area contributed by atoms with E-state index in [1.165, 1.54) is 13.2 Å². The molecule has 0 saturated heterocycles. The maximum atomic E-state index is 12.6. The van der Waals surface area contributed by atoms with Crippen LogP contribution in [-0.2, 0) is 18.4 Å². The highest BCUT2D eigenvalue weighted by Gasteiger charge is 2.54. The predicted octanol–water partition coefficient (Wildman–Crippen LogP) is 0.658. The normalized spacial score (nSPS) is 15.3. The number of amides is 1. The van der Waals surface area contributed by atoms with Crippen LogP contribution in [0.3, 0.4) is 0 Å². The summed E-state index contributed by atoms with van der Waals surface area (Å²) in [7, 11) is 2.94. The van der Waals surface area contributed by atoms with E-state index in [1.54, 1.807) is 17.8 Å². The molecule has 0 fully saturated rings. The molecular weight excluding hydrogens is 249 g/mol. The predicted molar refractivity (Wildman–Crippen MR) is 58.3 cm³/mol. The van der Waals surface area contributed by atoms with E-state index in [0.29, 0.717) is 12.7 Å². The highest BCUT2D eigenvalue weighted by atomic mass is 19.4. The minimum atomic E-state index is -4.79. The summed E-state index contributed by atoms with van der Waals surface area (Å²) in [6.45, 7) is 0.620. The number of imidazole rings is 1. The Kier molecular flexibility index (Phi) is 3.70. The van der Waals surface area contributed by atoms with Crippen LogP contribution in [0.15, 0.2) is 12.4 Å². The van der Waals surface area contributed by atoms with Crippen LogP contribution in [0.5, 0.6) is 0 Å². The largest absolute Gasteiger partial charge is 0.415 e. The van der Waals surface area contributed by atoms with Crippen LogP contribution in [0.1, 0.15) is 12.7 Å². The van der Waals surface area contributed by atoms with Gasteiger partial charge in [-0.15, -0.1) is 0 Å². The number of alkyl halides is 3. The molecule has 0 aromatic carbocycles. The van der Waals surface area contributed by atoms with Gasteiger partial charge in [0.05, 0.1) is 6.54 Å². The lowest BCUT2D eigenvalue weighted by atomic mass is 10.0. The van der Waals surface area contributed by atoms with Crippen LogP contribution in [0.2, 0.25) is 0 Å². The van der Waals surface area contributed by atoms with E-state index in [4.69, 9.17) is 5.73 Å². The Labute approximate surface area is 102 Å². The summed E-state index contributed by atoms with van der Waals surface area (Å²) in [5, 5.41) is 0. The lowest BCUT2D eigenvalue weighted by Gasteiger charge is -2.30. The molecule has 8 heteroatoms. The lowest BCUT2D eigenvalue weighted by molar-refractivity contribution is -0.193. The number of nitrogens with zero attached hydrogens (tertiary/aromatic N) is 3. The van der Waals surface area contributed by atoms with Crippen molar-refractivity contribution in [2.45, 2.75) is 25.2 Å². The second-order valence-corrected chi connectivity index (χ2v) is 4.32. The first kappa shape index (κ1) is 14.5. The van der Waals surface area contributed by atoms with E-state index in [9.17, 15) is 18.0 Å². The van der Waals surface area contributed by atoms with E-state index in [0.717, 1.165) is 4.90 Å². The molecule has 2 N–H and O–H groups in total. The van der Waals surface area contributed by atoms with Gasteiger partial charge in [0.15, 0.2) is 5.54 Å². The molecule has 102 valence electrons. The number of aryl methyl sites for hydroxylation is 1. The van der Waals surface area contributed by atoms with E-state index >= 15 is 0 Å². The number of nitrogens with two attached hydrogens (primary N) is 1. The highest BCUT2D eigenvalue weighted by molar-refractivity contribution is 5.86. The van der Waals surface area contributed by atoms with Crippen molar-refractivity contribution in [3.63, 3.8) is 0 Å². The summed E-state index contributed by atoms with van der Waals surface area (Å²) in [5.41, 5.74) is 2.17. The SMILES string of the molecule is CN(Cc1nccn1C)C(=O)C(C)(N)C(F)(F)F. The molecular formula is C10H15F3N4O. The van der Waals surface area contributed by atoms with E-state index in [2.05, 4.69) is 4.98 Å². The minimum absolute atomic E-state index is 0.0365. The number of likely N-dealkylation sites (N-methyl/N-ethyl adjacent to an activating group) is 1. The number of carbonyl (C=O) groups is 1. The van der Waals surface area contributed by atoms with Gasteiger partial charge in [0.2, 0.25) is 0 Å². The van der Waals surface area contributed by atoms with E-state index in [1.807, 2.05) is 0 Å². The first-order valence-corrected chi connectivity index (χ1v) is 5.14. The number of rotatable bonds is 3. The summed E-state index contributed by atoms with van der Waals surface area (Å²) >= 11 is 0. The Balaban J connectivity index is 2.83. The Morgan fingerprint density at radius 1 is 1.56 bits per heavy atom. The number of hydrogen-bond acceptors (Lipinski definition) is 3. The fourth-order valence-corrected chi connectivity index (χ4v) is 1.35. The Bertz CT molecular complexity index is 439. The quantitative estimate of drug-likeness (QED) is 0.872. The molecule has 0 aliphatic rings. The zero-order chi connectivity index (χ0) is 14.1. The zero-order valence-electron chi connectivity index (χ0n) is 10.3. The average Bonchev–Trinajstić information content (AvgIpc) is 2.61. The molecule has 0 bridgehead atoms. The fraction of sp³-hybridized carbons (Fsp3) is 0.600. The summed E-state index contributed by atoms with van der Waals surface area (Å²) in [6.07, 6.45) is -1.65. The first-order chi connectivity index (χ1) is 8.07. The molecule has 0 radical (unpaired) electrons. The molecule has 1 rings (SSSR count). The average molecular weight is 264 g/mol. The maximum Gasteiger partial charge on any atom is 0.415 e. The standard InChI is InChI=1S/C10H15F3N4O/c1-9(14,10(11,12)13)8(18)17(3)6-7-15-4-5-16(7)2/h4-5H,6,14H2,1-3H3. The zero-order valence-corrected chi connectivity index (χ0v) is 10.3. The third kappa shape index (κ3) is 2.63. The van der Waals surface area contributed by atoms with Crippen molar-refractivity contribution >= 4 is 5.91 Å². The molecule has 1 aromatic rings. The van der Waals surface area contributed by atoms with Crippen molar-refractivity contribution < 1.29 is 18.0 Å². The summed E-state index contributed by atoms with van der Waals surface area (Å²) in [4.78, 5) is 16.5. The van der Waals surface area contributed by atoms with Gasteiger partial charge >= 0.3 is 6.18 Å². The topological polar surface area (TPSA) is 64.2 Å². The molecule has 0 spiro atoms. The minimum Gasteiger partial charge on any atom is -0.337 e. The Morgan fingerprint density at radius 2 is 2.11 bits per heavy atom. The molecule has 0 aliphatic carbocycles. The van der Waals surface area contributed by atoms with E-state index in [-0.39, 0.29) is 6.54 Å². The number of carbonyl (C=O) groups excluding carboxylic acids is 1. The second-order valence-electron chi connectivity index (χ2n) is 4.32. The Morgan fingerprint density at radius 3 is 2.50 bits per heavy atom. The first-order valence-electron chi connectivity index (χ1n) is 5.14. The molecule has 1 amide bonds. The molecule has 0 aliphatic heterocycles. The van der Waals surface area contributed by atoms with Crippen molar-refractivity contribution in [3.8, 4) is 0 Å². The summed E-state index contributed by atoms with van der Waals surface area (Å²) < 4.78 is 39.4. The van der Waals surface area contributed by atoms with Crippen LogP contribution in [-0.4, -0.2) is 39.1 Å². The summed E-state index contributed by atoms with van der Waals surface area (Å²) in [5.74, 6) is -0.721. The number of hydrogen-bond donors (Lipinski definition) is 1. The van der Waals surface area contributed by atoms with Gasteiger partial charge in [0.1, 0.15) is 5.82 Å². The highest BCUT2D eigenvalue weighted by Crippen LogP contribution is 2.29. The molecule has 1 aromatic heterocycles. The third-order valence-corrected chi connectivity index (χ3v) is 2.68. The van der Waals surface area contributed by atoms with Gasteiger partial charge in [-0.05, 0) is 6.92 Å². The van der Waals surface area contributed by atoms with Crippen LogP contribution >= 0.6 is 0 Å². The number of halogens is 3. The van der Waals surface area contributed by atoms with Crippen LogP contribution in [0.25, 0.3) is 0 Å². The third-order valence-electron chi connectivity index (χ3n) is 2.68. The second kappa shape index (κ2) is 4.60. The summed E-state index contributed by atoms with van der Waals surface area (Å²) in [6, 6.07) is 0. The van der Waals surface area contributed by atoms with Gasteiger partial charge in [0, 0.05) is 26.5 Å². The lowest BCUT2D eigenvalue weighted by Crippen LogP contribution is -2.61. The van der Waals surface area contributed by atoms with Crippen LogP contribution < -0.4 is 5.73 Å². The van der Waals surface area contributed by atoms with Crippen molar-refractivity contribution in [1.82, 2.24) is 14.5 Å². The van der Waals surface area contributed by atoms with Gasteiger partial charge in [-0.1, -0.05) is 0 Å². The monoisotopic (exact) mass is 264 g/mol. The van der Waals surface area contributed by atoms with Gasteiger partial charge in [-0.3, -0.25) is 4.79 Å². The smallest absolute Gasteiger partial charge is 0.337 e.